The van der Waals surface area contributed by atoms with Crippen molar-refractivity contribution in [1.82, 2.24) is 15.5 Å². The molecule has 0 radical (unpaired) electrons. The number of hydrogen-bond donors (Lipinski definition) is 1. The number of aromatic nitrogens is 2. The lowest BCUT2D eigenvalue weighted by atomic mass is 10.1. The topological polar surface area (TPSA) is 86.5 Å². The summed E-state index contributed by atoms with van der Waals surface area (Å²) >= 11 is 0. The van der Waals surface area contributed by atoms with Crippen LogP contribution in [0.25, 0.3) is 22.8 Å². The second-order valence-electron chi connectivity index (χ2n) is 5.79. The molecule has 0 atom stereocenters. The zero-order valence-electron chi connectivity index (χ0n) is 15.5. The lowest BCUT2D eigenvalue weighted by Crippen LogP contribution is -2.24. The molecule has 1 heterocycles. The van der Waals surface area contributed by atoms with Crippen molar-refractivity contribution in [3.8, 4) is 34.3 Å². The largest absolute Gasteiger partial charge is 0.493 e. The molecule has 0 aliphatic carbocycles. The molecule has 140 valence electrons. The van der Waals surface area contributed by atoms with Crippen molar-refractivity contribution >= 4 is 5.91 Å². The maximum atomic E-state index is 12.4. The van der Waals surface area contributed by atoms with Crippen LogP contribution in [0.3, 0.4) is 0 Å². The molecule has 1 amide bonds. The number of nitrogens with zero attached hydrogens (tertiary/aromatic N) is 2. The van der Waals surface area contributed by atoms with E-state index in [2.05, 4.69) is 15.5 Å². The minimum Gasteiger partial charge on any atom is -0.493 e. The van der Waals surface area contributed by atoms with Gasteiger partial charge in [-0.3, -0.25) is 4.79 Å². The summed E-state index contributed by atoms with van der Waals surface area (Å²) in [5, 5.41) is 6.91. The molecule has 27 heavy (non-hydrogen) atoms. The van der Waals surface area contributed by atoms with Gasteiger partial charge in [-0.25, -0.2) is 0 Å². The Morgan fingerprint density at radius 3 is 2.63 bits per heavy atom. The maximum absolute atomic E-state index is 12.4. The van der Waals surface area contributed by atoms with Crippen LogP contribution in [0.5, 0.6) is 11.5 Å². The van der Waals surface area contributed by atoms with Crippen LogP contribution in [-0.2, 0) is 0 Å². The van der Waals surface area contributed by atoms with E-state index >= 15 is 0 Å². The zero-order valence-corrected chi connectivity index (χ0v) is 15.5. The molecule has 7 heteroatoms. The van der Waals surface area contributed by atoms with Crippen molar-refractivity contribution in [1.29, 1.82) is 0 Å². The number of amides is 1. The Hall–Kier alpha value is -3.35. The first kappa shape index (κ1) is 18.4. The van der Waals surface area contributed by atoms with Gasteiger partial charge in [0.1, 0.15) is 0 Å². The molecule has 2 aromatic carbocycles. The van der Waals surface area contributed by atoms with Crippen LogP contribution in [-0.4, -0.2) is 36.8 Å². The van der Waals surface area contributed by atoms with Crippen molar-refractivity contribution in [2.45, 2.75) is 13.3 Å². The van der Waals surface area contributed by atoms with Gasteiger partial charge >= 0.3 is 0 Å². The Balaban J connectivity index is 1.94. The number of ether oxygens (including phenoxy) is 2. The number of carbonyl (C=O) groups is 1. The summed E-state index contributed by atoms with van der Waals surface area (Å²) in [6.07, 6.45) is 0.859. The molecule has 7 nitrogen and oxygen atoms in total. The number of rotatable bonds is 7. The van der Waals surface area contributed by atoms with E-state index in [0.717, 1.165) is 12.0 Å². The van der Waals surface area contributed by atoms with Gasteiger partial charge in [0.2, 0.25) is 5.82 Å². The number of methoxy groups -OCH3 is 2. The lowest BCUT2D eigenvalue weighted by Gasteiger charge is -2.07. The van der Waals surface area contributed by atoms with Gasteiger partial charge in [-0.15, -0.1) is 0 Å². The normalized spacial score (nSPS) is 10.5. The molecule has 0 aliphatic rings. The molecule has 3 aromatic rings. The van der Waals surface area contributed by atoms with Gasteiger partial charge in [0.15, 0.2) is 11.5 Å². The van der Waals surface area contributed by atoms with Crippen LogP contribution < -0.4 is 14.8 Å². The predicted molar refractivity (Wildman–Crippen MR) is 101 cm³/mol. The van der Waals surface area contributed by atoms with Crippen LogP contribution >= 0.6 is 0 Å². The number of carbonyl (C=O) groups excluding carboxylic acids is 1. The maximum Gasteiger partial charge on any atom is 0.259 e. The van der Waals surface area contributed by atoms with E-state index < -0.39 is 0 Å². The first-order valence-electron chi connectivity index (χ1n) is 8.61. The van der Waals surface area contributed by atoms with E-state index in [-0.39, 0.29) is 11.8 Å². The first-order chi connectivity index (χ1) is 13.2. The molecule has 3 rings (SSSR count). The van der Waals surface area contributed by atoms with Crippen molar-refractivity contribution in [3.63, 3.8) is 0 Å². The summed E-state index contributed by atoms with van der Waals surface area (Å²) in [6, 6.07) is 12.5. The van der Waals surface area contributed by atoms with Gasteiger partial charge in [-0.2, -0.15) is 4.98 Å². The van der Waals surface area contributed by atoms with Crippen LogP contribution in [0, 0.1) is 0 Å². The molecule has 0 saturated carbocycles. The average Bonchev–Trinajstić information content (AvgIpc) is 3.21. The van der Waals surface area contributed by atoms with Gasteiger partial charge in [0, 0.05) is 12.1 Å². The Bertz CT molecular complexity index is 936. The molecular weight excluding hydrogens is 346 g/mol. The Morgan fingerprint density at radius 1 is 1.11 bits per heavy atom. The number of hydrogen-bond acceptors (Lipinski definition) is 6. The summed E-state index contributed by atoms with van der Waals surface area (Å²) in [6.45, 7) is 2.60. The van der Waals surface area contributed by atoms with Gasteiger partial charge in [0.25, 0.3) is 11.8 Å². The minimum absolute atomic E-state index is 0.168. The predicted octanol–water partition coefficient (Wildman–Crippen LogP) is 3.56. The second-order valence-corrected chi connectivity index (χ2v) is 5.79. The summed E-state index contributed by atoms with van der Waals surface area (Å²) in [5.74, 6) is 1.69. The smallest absolute Gasteiger partial charge is 0.259 e. The summed E-state index contributed by atoms with van der Waals surface area (Å²) in [4.78, 5) is 16.8. The van der Waals surface area contributed by atoms with E-state index in [1.807, 2.05) is 19.1 Å². The highest BCUT2D eigenvalue weighted by Gasteiger charge is 2.18. The molecule has 0 aliphatic heterocycles. The van der Waals surface area contributed by atoms with E-state index in [4.69, 9.17) is 14.0 Å². The highest BCUT2D eigenvalue weighted by atomic mass is 16.5. The molecular formula is C20H21N3O4. The van der Waals surface area contributed by atoms with Crippen molar-refractivity contribution in [3.05, 3.63) is 48.0 Å². The van der Waals surface area contributed by atoms with Crippen LogP contribution in [0.15, 0.2) is 47.0 Å². The van der Waals surface area contributed by atoms with E-state index in [1.54, 1.807) is 44.6 Å². The molecule has 0 unspecified atom stereocenters. The molecule has 0 fully saturated rings. The monoisotopic (exact) mass is 367 g/mol. The second kappa shape index (κ2) is 8.35. The summed E-state index contributed by atoms with van der Waals surface area (Å²) in [7, 11) is 3.14. The van der Waals surface area contributed by atoms with Crippen molar-refractivity contribution in [2.24, 2.45) is 0 Å². The third kappa shape index (κ3) is 3.92. The third-order valence-electron chi connectivity index (χ3n) is 4.01. The van der Waals surface area contributed by atoms with E-state index in [1.165, 1.54) is 0 Å². The fraction of sp³-hybridized carbons (Fsp3) is 0.250. The highest BCUT2D eigenvalue weighted by molar-refractivity contribution is 6.00. The fourth-order valence-electron chi connectivity index (χ4n) is 2.63. The van der Waals surface area contributed by atoms with E-state index in [9.17, 15) is 4.79 Å². The number of benzene rings is 2. The molecule has 0 spiro atoms. The quantitative estimate of drug-likeness (QED) is 0.687. The standard InChI is InChI=1S/C20H21N3O4/c1-4-11-21-19(24)14-7-5-6-8-15(14)20-22-18(23-27-20)13-9-10-16(25-2)17(12-13)26-3/h5-10,12H,4,11H2,1-3H3,(H,21,24). The van der Waals surface area contributed by atoms with Gasteiger partial charge in [-0.1, -0.05) is 24.2 Å². The molecule has 0 bridgehead atoms. The van der Waals surface area contributed by atoms with Gasteiger partial charge in [-0.05, 0) is 36.8 Å². The van der Waals surface area contributed by atoms with E-state index in [0.29, 0.717) is 35.0 Å². The zero-order chi connectivity index (χ0) is 19.2. The van der Waals surface area contributed by atoms with Crippen molar-refractivity contribution < 1.29 is 18.8 Å². The Labute approximate surface area is 157 Å². The van der Waals surface area contributed by atoms with Crippen LogP contribution in [0.4, 0.5) is 0 Å². The summed E-state index contributed by atoms with van der Waals surface area (Å²) < 4.78 is 16.0. The SMILES string of the molecule is CCCNC(=O)c1ccccc1-c1nc(-c2ccc(OC)c(OC)c2)no1. The summed E-state index contributed by atoms with van der Waals surface area (Å²) in [5.41, 5.74) is 1.80. The first-order valence-corrected chi connectivity index (χ1v) is 8.61. The Morgan fingerprint density at radius 2 is 1.89 bits per heavy atom. The van der Waals surface area contributed by atoms with Gasteiger partial charge < -0.3 is 19.3 Å². The van der Waals surface area contributed by atoms with Crippen LogP contribution in [0.1, 0.15) is 23.7 Å². The molecule has 0 saturated heterocycles. The highest BCUT2D eigenvalue weighted by Crippen LogP contribution is 2.32. The van der Waals surface area contributed by atoms with Crippen molar-refractivity contribution in [2.75, 3.05) is 20.8 Å². The lowest BCUT2D eigenvalue weighted by molar-refractivity contribution is 0.0954. The average molecular weight is 367 g/mol. The fourth-order valence-corrected chi connectivity index (χ4v) is 2.63. The van der Waals surface area contributed by atoms with Gasteiger partial charge in [0.05, 0.1) is 25.3 Å². The third-order valence-corrected chi connectivity index (χ3v) is 4.01. The molecule has 1 aromatic heterocycles. The number of nitrogens with one attached hydrogen (secondary N) is 1. The van der Waals surface area contributed by atoms with Crippen LogP contribution in [0.2, 0.25) is 0 Å². The molecule has 1 N–H and O–H groups in total. The Kier molecular flexibility index (Phi) is 5.71. The minimum atomic E-state index is -0.168.